The number of methoxy groups -OCH3 is 1. The van der Waals surface area contributed by atoms with Crippen molar-refractivity contribution in [1.82, 2.24) is 5.32 Å². The van der Waals surface area contributed by atoms with Gasteiger partial charge in [-0.2, -0.15) is 4.79 Å². The van der Waals surface area contributed by atoms with Gasteiger partial charge in [0.25, 0.3) is 0 Å². The molecule has 8 nitrogen and oxygen atoms in total. The first-order valence-corrected chi connectivity index (χ1v) is 8.45. The third-order valence-electron chi connectivity index (χ3n) is 3.10. The SMILES string of the molecule is COc1ccc([C@@H](NC(=O)OC(C)(C)C)C(=[N+]=[N-])C(=O)OC(C)(C)C)cc1. The van der Waals surface area contributed by atoms with Crippen LogP contribution in [-0.4, -0.2) is 40.9 Å². The monoisotopic (exact) mass is 377 g/mol. The van der Waals surface area contributed by atoms with E-state index >= 15 is 0 Å². The maximum Gasteiger partial charge on any atom is 0.420 e. The summed E-state index contributed by atoms with van der Waals surface area (Å²) >= 11 is 0. The number of carbonyl (C=O) groups excluding carboxylic acids is 2. The lowest BCUT2D eigenvalue weighted by atomic mass is 10.0. The number of ether oxygens (including phenoxy) is 3. The number of benzene rings is 1. The van der Waals surface area contributed by atoms with Crippen LogP contribution in [0.5, 0.6) is 5.75 Å². The van der Waals surface area contributed by atoms with Crippen LogP contribution in [0.25, 0.3) is 5.53 Å². The van der Waals surface area contributed by atoms with Crippen molar-refractivity contribution in [3.8, 4) is 5.75 Å². The van der Waals surface area contributed by atoms with Gasteiger partial charge in [0, 0.05) is 0 Å². The van der Waals surface area contributed by atoms with Gasteiger partial charge in [-0.3, -0.25) is 0 Å². The van der Waals surface area contributed by atoms with Gasteiger partial charge in [-0.15, -0.1) is 0 Å². The highest BCUT2D eigenvalue weighted by Crippen LogP contribution is 2.21. The molecule has 0 saturated carbocycles. The van der Waals surface area contributed by atoms with Gasteiger partial charge < -0.3 is 25.1 Å². The molecule has 8 heteroatoms. The van der Waals surface area contributed by atoms with Crippen molar-refractivity contribution < 1.29 is 28.6 Å². The Hall–Kier alpha value is -2.86. The van der Waals surface area contributed by atoms with E-state index in [1.54, 1.807) is 65.8 Å². The Morgan fingerprint density at radius 1 is 1.00 bits per heavy atom. The molecule has 27 heavy (non-hydrogen) atoms. The summed E-state index contributed by atoms with van der Waals surface area (Å²) in [6, 6.07) is 5.50. The molecular formula is C19H27N3O5. The van der Waals surface area contributed by atoms with E-state index in [1.807, 2.05) is 0 Å². The van der Waals surface area contributed by atoms with Crippen LogP contribution in [0.15, 0.2) is 24.3 Å². The molecule has 0 aliphatic carbocycles. The first kappa shape index (κ1) is 22.2. The van der Waals surface area contributed by atoms with Crippen LogP contribution in [0, 0.1) is 0 Å². The van der Waals surface area contributed by atoms with Crippen molar-refractivity contribution in [3.05, 3.63) is 35.4 Å². The Labute approximate surface area is 159 Å². The molecule has 0 saturated heterocycles. The first-order valence-electron chi connectivity index (χ1n) is 8.45. The van der Waals surface area contributed by atoms with Crippen molar-refractivity contribution in [3.63, 3.8) is 0 Å². The zero-order chi connectivity index (χ0) is 20.8. The quantitative estimate of drug-likeness (QED) is 0.366. The van der Waals surface area contributed by atoms with E-state index < -0.39 is 29.3 Å². The van der Waals surface area contributed by atoms with E-state index in [2.05, 4.69) is 10.1 Å². The Kier molecular flexibility index (Phi) is 7.13. The Morgan fingerprint density at radius 3 is 1.93 bits per heavy atom. The summed E-state index contributed by atoms with van der Waals surface area (Å²) in [6.45, 7) is 10.2. The minimum absolute atomic E-state index is 0.374. The van der Waals surface area contributed by atoms with Crippen LogP contribution in [0.4, 0.5) is 4.79 Å². The molecule has 148 valence electrons. The third kappa shape index (κ3) is 7.50. The largest absolute Gasteiger partial charge is 0.497 e. The van der Waals surface area contributed by atoms with Gasteiger partial charge in [-0.1, -0.05) is 12.1 Å². The molecule has 1 aromatic carbocycles. The Morgan fingerprint density at radius 2 is 1.52 bits per heavy atom. The van der Waals surface area contributed by atoms with Gasteiger partial charge in [0.2, 0.25) is 0 Å². The summed E-state index contributed by atoms with van der Waals surface area (Å²) in [5.41, 5.74) is 8.01. The number of esters is 1. The maximum absolute atomic E-state index is 12.5. The van der Waals surface area contributed by atoms with Crippen LogP contribution in [0.2, 0.25) is 0 Å². The fourth-order valence-electron chi connectivity index (χ4n) is 2.08. The van der Waals surface area contributed by atoms with Crippen molar-refractivity contribution in [1.29, 1.82) is 0 Å². The summed E-state index contributed by atoms with van der Waals surface area (Å²) in [4.78, 5) is 27.8. The molecule has 0 heterocycles. The number of nitrogens with zero attached hydrogens (tertiary/aromatic N) is 2. The molecule has 0 unspecified atom stereocenters. The van der Waals surface area contributed by atoms with E-state index in [0.717, 1.165) is 0 Å². The number of hydrogen-bond acceptors (Lipinski definition) is 5. The zero-order valence-electron chi connectivity index (χ0n) is 16.8. The minimum Gasteiger partial charge on any atom is -0.497 e. The highest BCUT2D eigenvalue weighted by molar-refractivity contribution is 6.36. The van der Waals surface area contributed by atoms with Crippen molar-refractivity contribution in [2.45, 2.75) is 58.8 Å². The molecule has 1 rings (SSSR count). The summed E-state index contributed by atoms with van der Waals surface area (Å²) in [5.74, 6) is -0.267. The van der Waals surface area contributed by atoms with E-state index in [0.29, 0.717) is 11.3 Å². The van der Waals surface area contributed by atoms with Crippen LogP contribution in [0.1, 0.15) is 53.1 Å². The zero-order valence-corrected chi connectivity index (χ0v) is 16.8. The van der Waals surface area contributed by atoms with Gasteiger partial charge in [0.05, 0.1) is 7.11 Å². The summed E-state index contributed by atoms with van der Waals surface area (Å²) in [5, 5.41) is 2.55. The molecule has 0 bridgehead atoms. The molecule has 0 radical (unpaired) electrons. The second-order valence-electron chi connectivity index (χ2n) is 7.84. The fourth-order valence-corrected chi connectivity index (χ4v) is 2.08. The number of alkyl carbamates (subject to hydrolysis) is 1. The molecule has 0 aliphatic heterocycles. The molecule has 1 aromatic rings. The number of rotatable bonds is 5. The average Bonchev–Trinajstić information content (AvgIpc) is 2.51. The van der Waals surface area contributed by atoms with E-state index in [9.17, 15) is 15.1 Å². The molecular weight excluding hydrogens is 350 g/mol. The van der Waals surface area contributed by atoms with Crippen molar-refractivity contribution in [2.75, 3.05) is 7.11 Å². The van der Waals surface area contributed by atoms with Crippen LogP contribution >= 0.6 is 0 Å². The van der Waals surface area contributed by atoms with Crippen molar-refractivity contribution >= 4 is 17.8 Å². The maximum atomic E-state index is 12.5. The lowest BCUT2D eigenvalue weighted by Gasteiger charge is -2.23. The smallest absolute Gasteiger partial charge is 0.420 e. The molecule has 1 atom stereocenters. The van der Waals surface area contributed by atoms with E-state index in [1.165, 1.54) is 7.11 Å². The summed E-state index contributed by atoms with van der Waals surface area (Å²) in [6.07, 6.45) is -0.770. The van der Waals surface area contributed by atoms with Crippen LogP contribution in [-0.2, 0) is 14.3 Å². The lowest BCUT2D eigenvalue weighted by molar-refractivity contribution is -0.151. The fraction of sp³-hybridized carbons (Fsp3) is 0.526. The minimum atomic E-state index is -1.08. The van der Waals surface area contributed by atoms with E-state index in [-0.39, 0.29) is 5.71 Å². The average molecular weight is 377 g/mol. The highest BCUT2D eigenvalue weighted by atomic mass is 16.6. The molecule has 0 aliphatic rings. The number of nitrogens with one attached hydrogen (secondary N) is 1. The van der Waals surface area contributed by atoms with Gasteiger partial charge in [-0.05, 0) is 59.2 Å². The highest BCUT2D eigenvalue weighted by Gasteiger charge is 2.38. The molecule has 1 N–H and O–H groups in total. The second kappa shape index (κ2) is 8.68. The number of amides is 1. The standard InChI is InChI=1S/C19H27N3O5/c1-18(2,3)26-16(23)15(22-20)14(21-17(24)27-19(4,5)6)12-8-10-13(25-7)11-9-12/h8-11,14H,1-7H3,(H,21,24)/t14-/m1/s1. The second-order valence-corrected chi connectivity index (χ2v) is 7.84. The van der Waals surface area contributed by atoms with Gasteiger partial charge in [0.1, 0.15) is 17.0 Å². The Balaban J connectivity index is 3.24. The first-order chi connectivity index (χ1) is 12.4. The molecule has 0 fully saturated rings. The van der Waals surface area contributed by atoms with E-state index in [4.69, 9.17) is 14.2 Å². The summed E-state index contributed by atoms with van der Waals surface area (Å²) in [7, 11) is 1.52. The predicted molar refractivity (Wildman–Crippen MR) is 99.6 cm³/mol. The molecule has 0 spiro atoms. The lowest BCUT2D eigenvalue weighted by Crippen LogP contribution is -2.42. The molecule has 0 aromatic heterocycles. The predicted octanol–water partition coefficient (Wildman–Crippen LogP) is 3.27. The van der Waals surface area contributed by atoms with Crippen molar-refractivity contribution in [2.24, 2.45) is 0 Å². The van der Waals surface area contributed by atoms with Gasteiger partial charge in [-0.25, -0.2) is 9.59 Å². The van der Waals surface area contributed by atoms with Crippen LogP contribution < -0.4 is 10.1 Å². The number of hydrogen-bond donors (Lipinski definition) is 1. The van der Waals surface area contributed by atoms with Gasteiger partial charge in [0.15, 0.2) is 6.04 Å². The normalized spacial score (nSPS) is 12.4. The summed E-state index contributed by atoms with van der Waals surface area (Å²) < 4.78 is 15.6. The third-order valence-corrected chi connectivity index (χ3v) is 3.10. The topological polar surface area (TPSA) is 110 Å². The number of carbonyl (C=O) groups is 2. The Bertz CT molecular complexity index is 723. The van der Waals surface area contributed by atoms with Crippen LogP contribution in [0.3, 0.4) is 0 Å². The molecule has 1 amide bonds. The van der Waals surface area contributed by atoms with Gasteiger partial charge >= 0.3 is 17.8 Å².